The highest BCUT2D eigenvalue weighted by Crippen LogP contribution is 2.61. The van der Waals surface area contributed by atoms with Crippen molar-refractivity contribution in [1.82, 2.24) is 14.8 Å². The number of carbonyl (C=O) groups excluding carboxylic acids is 1. The van der Waals surface area contributed by atoms with Gasteiger partial charge in [0.1, 0.15) is 0 Å². The number of nitrogens with one attached hydrogen (secondary N) is 1. The Bertz CT molecular complexity index is 1150. The Kier molecular flexibility index (Phi) is 5.75. The lowest BCUT2D eigenvalue weighted by Gasteiger charge is -2.60. The quantitative estimate of drug-likeness (QED) is 0.704. The van der Waals surface area contributed by atoms with Gasteiger partial charge < -0.3 is 5.11 Å². The Morgan fingerprint density at radius 2 is 1.88 bits per heavy atom. The fourth-order valence-corrected chi connectivity index (χ4v) is 5.80. The van der Waals surface area contributed by atoms with Crippen LogP contribution in [0.3, 0.4) is 0 Å². The number of benzene rings is 1. The second-order valence-electron chi connectivity index (χ2n) is 11.2. The fraction of sp³-hybridized carbons (Fsp3) is 0.600. The molecule has 3 aliphatic rings. The summed E-state index contributed by atoms with van der Waals surface area (Å²) in [5.41, 5.74) is 2.30. The van der Waals surface area contributed by atoms with Gasteiger partial charge in [-0.25, -0.2) is 10.2 Å². The zero-order valence-electron chi connectivity index (χ0n) is 20.1. The molecule has 33 heavy (non-hydrogen) atoms. The number of carbonyl (C=O) groups is 2. The molecule has 5 rings (SSSR count). The lowest BCUT2D eigenvalue weighted by Crippen LogP contribution is -2.53. The minimum absolute atomic E-state index is 0.00419. The van der Waals surface area contributed by atoms with Crippen LogP contribution >= 0.6 is 0 Å². The van der Waals surface area contributed by atoms with Gasteiger partial charge in [-0.05, 0) is 69.3 Å². The van der Waals surface area contributed by atoms with Crippen LogP contribution in [0.15, 0.2) is 29.1 Å². The van der Waals surface area contributed by atoms with Gasteiger partial charge in [0.25, 0.3) is 5.56 Å². The summed E-state index contributed by atoms with van der Waals surface area (Å²) in [6.07, 6.45) is 2.66. The molecule has 1 aromatic heterocycles. The zero-order valence-corrected chi connectivity index (χ0v) is 20.1. The van der Waals surface area contributed by atoms with Crippen molar-refractivity contribution in [2.24, 2.45) is 23.2 Å². The van der Waals surface area contributed by atoms with Crippen LogP contribution in [0.5, 0.6) is 0 Å². The highest BCUT2D eigenvalue weighted by Gasteiger charge is 2.54. The first-order chi connectivity index (χ1) is 15.4. The molecule has 3 fully saturated rings. The molecule has 2 amide bonds. The fourth-order valence-electron chi connectivity index (χ4n) is 5.80. The molecule has 0 spiro atoms. The summed E-state index contributed by atoms with van der Waals surface area (Å²) in [5.74, 6) is 1.37. The van der Waals surface area contributed by atoms with Crippen molar-refractivity contribution in [3.8, 4) is 0 Å². The molecule has 1 heterocycles. The summed E-state index contributed by atoms with van der Waals surface area (Å²) in [6, 6.07) is 6.96. The molecule has 2 N–H and O–H groups in total. The van der Waals surface area contributed by atoms with Crippen molar-refractivity contribution in [3.05, 3.63) is 40.3 Å². The Morgan fingerprint density at radius 1 is 1.21 bits per heavy atom. The Balaban J connectivity index is 1.61. The predicted molar refractivity (Wildman–Crippen MR) is 126 cm³/mol. The van der Waals surface area contributed by atoms with E-state index in [2.05, 4.69) is 24.4 Å². The molecule has 0 saturated heterocycles. The van der Waals surface area contributed by atoms with Crippen molar-refractivity contribution in [3.63, 3.8) is 0 Å². The van der Waals surface area contributed by atoms with E-state index in [0.717, 1.165) is 23.6 Å². The number of rotatable bonds is 5. The van der Waals surface area contributed by atoms with Crippen LogP contribution in [0.2, 0.25) is 0 Å². The molecule has 3 saturated carbocycles. The van der Waals surface area contributed by atoms with Gasteiger partial charge in [0.05, 0.1) is 17.6 Å². The summed E-state index contributed by atoms with van der Waals surface area (Å²) >= 11 is 0. The highest BCUT2D eigenvalue weighted by atomic mass is 16.4. The molecular weight excluding hydrogens is 420 g/mol. The molecule has 0 radical (unpaired) electrons. The Hall–Kier alpha value is -2.90. The molecule has 8 nitrogen and oxygen atoms in total. The maximum Gasteiger partial charge on any atom is 0.408 e. The van der Waals surface area contributed by atoms with Gasteiger partial charge >= 0.3 is 6.09 Å². The van der Waals surface area contributed by atoms with Crippen molar-refractivity contribution < 1.29 is 14.7 Å². The van der Waals surface area contributed by atoms with Gasteiger partial charge in [0, 0.05) is 17.3 Å². The summed E-state index contributed by atoms with van der Waals surface area (Å²) < 4.78 is 0. The maximum atomic E-state index is 13.1. The predicted octanol–water partition coefficient (Wildman–Crippen LogP) is 4.21. The van der Waals surface area contributed by atoms with Crippen LogP contribution < -0.4 is 11.0 Å². The van der Waals surface area contributed by atoms with Crippen molar-refractivity contribution >= 4 is 22.8 Å². The first-order valence-corrected chi connectivity index (χ1v) is 11.7. The molecule has 178 valence electrons. The number of hydrogen-bond donors (Lipinski definition) is 2. The van der Waals surface area contributed by atoms with E-state index in [1.54, 1.807) is 45.0 Å². The third kappa shape index (κ3) is 4.23. The van der Waals surface area contributed by atoms with Crippen molar-refractivity contribution in [2.45, 2.75) is 72.4 Å². The molecule has 8 heteroatoms. The number of amides is 2. The highest BCUT2D eigenvalue weighted by molar-refractivity contribution is 5.86. The van der Waals surface area contributed by atoms with E-state index in [4.69, 9.17) is 0 Å². The minimum Gasteiger partial charge on any atom is -0.465 e. The average molecular weight is 455 g/mol. The Morgan fingerprint density at radius 3 is 2.45 bits per heavy atom. The van der Waals surface area contributed by atoms with Crippen LogP contribution in [0.4, 0.5) is 4.79 Å². The third-order valence-electron chi connectivity index (χ3n) is 7.91. The van der Waals surface area contributed by atoms with Crippen LogP contribution in [0.1, 0.15) is 66.0 Å². The van der Waals surface area contributed by atoms with E-state index in [1.807, 2.05) is 0 Å². The summed E-state index contributed by atoms with van der Waals surface area (Å²) in [5, 5.41) is 15.1. The summed E-state index contributed by atoms with van der Waals surface area (Å²) in [4.78, 5) is 40.1. The van der Waals surface area contributed by atoms with Gasteiger partial charge in [-0.1, -0.05) is 32.0 Å². The minimum atomic E-state index is -1.08. The smallest absolute Gasteiger partial charge is 0.408 e. The molecule has 2 bridgehead atoms. The van der Waals surface area contributed by atoms with E-state index < -0.39 is 17.2 Å². The maximum absolute atomic E-state index is 13.1. The molecule has 2 aromatic rings. The van der Waals surface area contributed by atoms with Crippen LogP contribution in [-0.2, 0) is 11.3 Å². The first-order valence-electron chi connectivity index (χ1n) is 11.7. The van der Waals surface area contributed by atoms with Gasteiger partial charge in [-0.3, -0.25) is 14.5 Å². The normalized spacial score (nSPS) is 23.6. The summed E-state index contributed by atoms with van der Waals surface area (Å²) in [6.45, 7) is 9.99. The van der Waals surface area contributed by atoms with Crippen LogP contribution in [-0.4, -0.2) is 37.4 Å². The third-order valence-corrected chi connectivity index (χ3v) is 7.91. The van der Waals surface area contributed by atoms with Crippen LogP contribution in [0.25, 0.3) is 10.8 Å². The number of nitrogens with zero attached hydrogens (tertiary/aromatic N) is 3. The zero-order chi connectivity index (χ0) is 24.1. The molecule has 1 aromatic carbocycles. The first kappa shape index (κ1) is 23.3. The van der Waals surface area contributed by atoms with Gasteiger partial charge in [-0.2, -0.15) is 5.10 Å². The molecule has 3 aliphatic carbocycles. The van der Waals surface area contributed by atoms with E-state index in [9.17, 15) is 19.5 Å². The van der Waals surface area contributed by atoms with Crippen molar-refractivity contribution in [1.29, 1.82) is 0 Å². The van der Waals surface area contributed by atoms with Gasteiger partial charge in [0.15, 0.2) is 0 Å². The lowest BCUT2D eigenvalue weighted by molar-refractivity contribution is -0.129. The lowest BCUT2D eigenvalue weighted by atomic mass is 9.45. The average Bonchev–Trinajstić information content (AvgIpc) is 2.73. The largest absolute Gasteiger partial charge is 0.465 e. The number of hydrogen-bond acceptors (Lipinski definition) is 4. The number of aromatic nitrogens is 2. The van der Waals surface area contributed by atoms with Gasteiger partial charge in [-0.15, -0.1) is 4.79 Å². The van der Waals surface area contributed by atoms with Crippen molar-refractivity contribution in [2.75, 3.05) is 5.43 Å². The number of fused-ring (bicyclic) bond motifs is 3. The second-order valence-corrected chi connectivity index (χ2v) is 11.2. The SMILES string of the molecule is CC1(C)[C@H]2CC[C@@H](CC(=O)Nn3nc(CN(C(=O)O)C(C)(C)C)c4ccccc4c3=O)[C@@H]1C2. The second kappa shape index (κ2) is 8.15. The summed E-state index contributed by atoms with van der Waals surface area (Å²) in [7, 11) is 0. The van der Waals surface area contributed by atoms with Crippen LogP contribution in [0, 0.1) is 23.2 Å². The van der Waals surface area contributed by atoms with E-state index >= 15 is 0 Å². The topological polar surface area (TPSA) is 105 Å². The standard InChI is InChI=1S/C25H34N4O4/c1-24(2,3)28(23(32)33)14-20-17-8-6-7-9-18(17)22(31)29(26-20)27-21(30)12-15-10-11-16-13-19(15)25(16,4)5/h6-9,15-16,19H,10-14H2,1-5H3,(H,27,30)(H,32,33)/t15-,16-,19-/m0/s1. The van der Waals surface area contributed by atoms with Gasteiger partial charge in [0.2, 0.25) is 5.91 Å². The molecule has 3 atom stereocenters. The molecule has 0 unspecified atom stereocenters. The monoisotopic (exact) mass is 454 g/mol. The van der Waals surface area contributed by atoms with E-state index in [0.29, 0.717) is 34.7 Å². The molecule has 0 aliphatic heterocycles. The number of carboxylic acid groups (broad SMARTS) is 1. The van der Waals surface area contributed by atoms with E-state index in [1.165, 1.54) is 11.3 Å². The molecular formula is C25H34N4O4. The van der Waals surface area contributed by atoms with E-state index in [-0.39, 0.29) is 17.9 Å². The Labute approximate surface area is 193 Å².